The van der Waals surface area contributed by atoms with Gasteiger partial charge in [-0.1, -0.05) is 28.1 Å². The molecule has 0 fully saturated rings. The summed E-state index contributed by atoms with van der Waals surface area (Å²) in [5.41, 5.74) is 1.05. The Morgan fingerprint density at radius 2 is 1.59 bits per heavy atom. The molecule has 0 saturated carbocycles. The fourth-order valence-corrected chi connectivity index (χ4v) is 3.22. The van der Waals surface area contributed by atoms with Crippen molar-refractivity contribution in [1.82, 2.24) is 15.0 Å². The lowest BCUT2D eigenvalue weighted by Gasteiger charge is -2.19. The fourth-order valence-electron chi connectivity index (χ4n) is 2.99. The van der Waals surface area contributed by atoms with Crippen molar-refractivity contribution in [3.8, 4) is 11.8 Å². The summed E-state index contributed by atoms with van der Waals surface area (Å²) in [6.07, 6.45) is -3.69. The van der Waals surface area contributed by atoms with E-state index in [-0.39, 0.29) is 18.4 Å². The summed E-state index contributed by atoms with van der Waals surface area (Å²) in [5.74, 6) is 0.201. The summed E-state index contributed by atoms with van der Waals surface area (Å²) in [6.45, 7) is 4.62. The monoisotopic (exact) mass is 611 g/mol. The molecule has 3 aromatic rings. The molecule has 0 radical (unpaired) electrons. The lowest BCUT2D eigenvalue weighted by Crippen LogP contribution is -2.23. The summed E-state index contributed by atoms with van der Waals surface area (Å²) >= 11 is 3.35. The lowest BCUT2D eigenvalue weighted by atomic mass is 10.1. The number of rotatable bonds is 12. The van der Waals surface area contributed by atoms with E-state index in [9.17, 15) is 18.0 Å². The standard InChI is InChI=1S/C26H29BrF3N5O4/c1-25(2,3)39-21(36)18-7-9-19(10-8-18)32-23-33-22(34-24(35-23)38-16-26(28,29)30)31-15-17-5-11-20(12-6-17)37-14-4-13-27/h5-12H,4,13-16H2,1-3H3,(H2,31,32,33,34,35). The molecule has 0 spiro atoms. The van der Waals surface area contributed by atoms with Crippen LogP contribution in [0.2, 0.25) is 0 Å². The second-order valence-electron chi connectivity index (χ2n) is 9.26. The molecular weight excluding hydrogens is 583 g/mol. The van der Waals surface area contributed by atoms with Gasteiger partial charge < -0.3 is 24.8 Å². The molecule has 1 aromatic heterocycles. The summed E-state index contributed by atoms with van der Waals surface area (Å²) in [5, 5.41) is 6.71. The van der Waals surface area contributed by atoms with Gasteiger partial charge in [0.05, 0.1) is 12.2 Å². The SMILES string of the molecule is CC(C)(C)OC(=O)c1ccc(Nc2nc(NCc3ccc(OCCCBr)cc3)nc(OCC(F)(F)F)n2)cc1. The molecule has 2 aromatic carbocycles. The van der Waals surface area contributed by atoms with Gasteiger partial charge in [0, 0.05) is 17.6 Å². The van der Waals surface area contributed by atoms with Crippen LogP contribution in [-0.2, 0) is 11.3 Å². The first-order chi connectivity index (χ1) is 18.4. The highest BCUT2D eigenvalue weighted by Crippen LogP contribution is 2.22. The van der Waals surface area contributed by atoms with E-state index in [2.05, 4.69) is 41.5 Å². The van der Waals surface area contributed by atoms with Gasteiger partial charge in [0.2, 0.25) is 11.9 Å². The number of hydrogen-bond acceptors (Lipinski definition) is 9. The first kappa shape index (κ1) is 29.9. The highest BCUT2D eigenvalue weighted by Gasteiger charge is 2.29. The van der Waals surface area contributed by atoms with Crippen LogP contribution in [0.25, 0.3) is 0 Å². The predicted molar refractivity (Wildman–Crippen MR) is 144 cm³/mol. The van der Waals surface area contributed by atoms with Crippen LogP contribution in [0.3, 0.4) is 0 Å². The van der Waals surface area contributed by atoms with Gasteiger partial charge in [-0.15, -0.1) is 0 Å². The maximum Gasteiger partial charge on any atom is 0.422 e. The third-order valence-electron chi connectivity index (χ3n) is 4.68. The molecule has 1 heterocycles. The molecule has 0 bridgehead atoms. The Kier molecular flexibility index (Phi) is 10.3. The van der Waals surface area contributed by atoms with Crippen LogP contribution >= 0.6 is 15.9 Å². The quantitative estimate of drug-likeness (QED) is 0.139. The van der Waals surface area contributed by atoms with E-state index < -0.39 is 30.4 Å². The average molecular weight is 612 g/mol. The van der Waals surface area contributed by atoms with Crippen LogP contribution in [-0.4, -0.2) is 51.2 Å². The molecule has 0 atom stereocenters. The van der Waals surface area contributed by atoms with E-state index >= 15 is 0 Å². The first-order valence-electron chi connectivity index (χ1n) is 12.0. The van der Waals surface area contributed by atoms with Crippen LogP contribution in [0.5, 0.6) is 11.8 Å². The number of anilines is 3. The Morgan fingerprint density at radius 3 is 2.21 bits per heavy atom. The Bertz CT molecular complexity index is 1220. The maximum absolute atomic E-state index is 12.7. The van der Waals surface area contributed by atoms with Crippen molar-refractivity contribution in [2.45, 2.75) is 45.5 Å². The smallest absolute Gasteiger partial charge is 0.422 e. The van der Waals surface area contributed by atoms with E-state index in [1.54, 1.807) is 45.0 Å². The highest BCUT2D eigenvalue weighted by atomic mass is 79.9. The van der Waals surface area contributed by atoms with Crippen LogP contribution in [0.1, 0.15) is 43.1 Å². The number of carbonyl (C=O) groups is 1. The average Bonchev–Trinajstić information content (AvgIpc) is 2.86. The lowest BCUT2D eigenvalue weighted by molar-refractivity contribution is -0.154. The molecule has 0 aliphatic rings. The van der Waals surface area contributed by atoms with Gasteiger partial charge in [-0.2, -0.15) is 28.1 Å². The third kappa shape index (κ3) is 11.0. The minimum atomic E-state index is -4.57. The molecule has 0 aliphatic carbocycles. The van der Waals surface area contributed by atoms with Crippen molar-refractivity contribution in [2.75, 3.05) is 29.2 Å². The van der Waals surface area contributed by atoms with Crippen molar-refractivity contribution in [1.29, 1.82) is 0 Å². The van der Waals surface area contributed by atoms with Crippen molar-refractivity contribution in [2.24, 2.45) is 0 Å². The van der Waals surface area contributed by atoms with Crippen molar-refractivity contribution in [3.05, 3.63) is 59.7 Å². The predicted octanol–water partition coefficient (Wildman–Crippen LogP) is 6.29. The summed E-state index contributed by atoms with van der Waals surface area (Å²) in [6, 6.07) is 13.1. The van der Waals surface area contributed by atoms with Crippen LogP contribution in [0.15, 0.2) is 48.5 Å². The number of hydrogen-bond donors (Lipinski definition) is 2. The van der Waals surface area contributed by atoms with Gasteiger partial charge >= 0.3 is 18.2 Å². The van der Waals surface area contributed by atoms with Gasteiger partial charge in [0.15, 0.2) is 6.61 Å². The number of nitrogens with one attached hydrogen (secondary N) is 2. The van der Waals surface area contributed by atoms with E-state index in [0.717, 1.165) is 23.1 Å². The zero-order chi connectivity index (χ0) is 28.5. The molecule has 2 N–H and O–H groups in total. The molecule has 13 heteroatoms. The molecule has 210 valence electrons. The molecule has 0 unspecified atom stereocenters. The maximum atomic E-state index is 12.7. The first-order valence-corrected chi connectivity index (χ1v) is 13.1. The highest BCUT2D eigenvalue weighted by molar-refractivity contribution is 9.09. The van der Waals surface area contributed by atoms with Crippen molar-refractivity contribution in [3.63, 3.8) is 0 Å². The molecule has 0 saturated heterocycles. The number of benzene rings is 2. The molecule has 39 heavy (non-hydrogen) atoms. The van der Waals surface area contributed by atoms with Gasteiger partial charge in [0.1, 0.15) is 11.4 Å². The number of aromatic nitrogens is 3. The Labute approximate surface area is 232 Å². The molecule has 9 nitrogen and oxygen atoms in total. The van der Waals surface area contributed by atoms with E-state index in [1.165, 1.54) is 0 Å². The Hall–Kier alpha value is -3.61. The van der Waals surface area contributed by atoms with E-state index in [0.29, 0.717) is 17.9 Å². The van der Waals surface area contributed by atoms with Gasteiger partial charge in [-0.25, -0.2) is 4.79 Å². The fraction of sp³-hybridized carbons (Fsp3) is 0.385. The topological polar surface area (TPSA) is 107 Å². The van der Waals surface area contributed by atoms with Crippen LogP contribution in [0.4, 0.5) is 30.8 Å². The number of carbonyl (C=O) groups excluding carboxylic acids is 1. The van der Waals surface area contributed by atoms with E-state index in [1.807, 2.05) is 24.3 Å². The van der Waals surface area contributed by atoms with Gasteiger partial charge in [-0.3, -0.25) is 0 Å². The van der Waals surface area contributed by atoms with Gasteiger partial charge in [0.25, 0.3) is 0 Å². The minimum absolute atomic E-state index is 0.00713. The number of nitrogens with zero attached hydrogens (tertiary/aromatic N) is 3. The number of alkyl halides is 4. The largest absolute Gasteiger partial charge is 0.494 e. The summed E-state index contributed by atoms with van der Waals surface area (Å²) < 4.78 is 53.9. The number of halogens is 4. The summed E-state index contributed by atoms with van der Waals surface area (Å²) in [7, 11) is 0. The molecule has 0 aliphatic heterocycles. The third-order valence-corrected chi connectivity index (χ3v) is 5.24. The number of esters is 1. The van der Waals surface area contributed by atoms with Crippen molar-refractivity contribution >= 4 is 39.5 Å². The van der Waals surface area contributed by atoms with Gasteiger partial charge in [-0.05, 0) is 69.2 Å². The van der Waals surface area contributed by atoms with Crippen molar-refractivity contribution < 1.29 is 32.2 Å². The minimum Gasteiger partial charge on any atom is -0.494 e. The molecule has 3 rings (SSSR count). The number of ether oxygens (including phenoxy) is 3. The normalized spacial score (nSPS) is 11.6. The zero-order valence-electron chi connectivity index (χ0n) is 21.6. The second kappa shape index (κ2) is 13.5. The second-order valence-corrected chi connectivity index (χ2v) is 10.1. The molecular formula is C26H29BrF3N5O4. The molecule has 0 amide bonds. The van der Waals surface area contributed by atoms with Crippen LogP contribution < -0.4 is 20.1 Å². The Morgan fingerprint density at radius 1 is 0.923 bits per heavy atom. The Balaban J connectivity index is 1.71. The van der Waals surface area contributed by atoms with Crippen LogP contribution in [0, 0.1) is 0 Å². The zero-order valence-corrected chi connectivity index (χ0v) is 23.2. The summed E-state index contributed by atoms with van der Waals surface area (Å²) in [4.78, 5) is 24.4. The van der Waals surface area contributed by atoms with E-state index in [4.69, 9.17) is 14.2 Å².